The highest BCUT2D eigenvalue weighted by Gasteiger charge is 2.41. The van der Waals surface area contributed by atoms with E-state index in [-0.39, 0.29) is 73.4 Å². The Kier molecular flexibility index (Phi) is 27.3. The van der Waals surface area contributed by atoms with Crippen LogP contribution in [0.15, 0.2) is 110 Å². The Morgan fingerprint density at radius 1 is 0.621 bits per heavy atom. The van der Waals surface area contributed by atoms with E-state index in [9.17, 15) is 47.1 Å². The van der Waals surface area contributed by atoms with Gasteiger partial charge >= 0.3 is 0 Å². The number of carbonyl (C=O) groups excluding carboxylic acids is 12. The number of hydrogen-bond donors (Lipinski definition) is 15. The number of benzene rings is 4. The number of nitrogens with two attached hydrogens (primary N) is 3. The van der Waals surface area contributed by atoms with Gasteiger partial charge in [0, 0.05) is 120 Å². The van der Waals surface area contributed by atoms with Gasteiger partial charge in [-0.25, -0.2) is 13.8 Å². The lowest BCUT2D eigenvalue weighted by atomic mass is 10.0. The van der Waals surface area contributed by atoms with Crippen LogP contribution >= 0.6 is 23.5 Å². The molecule has 103 heavy (non-hydrogen) atoms. The number of primary amides is 2. The number of amides is 12. The number of nitrogens with zero attached hydrogens (tertiary/aromatic N) is 2. The third kappa shape index (κ3) is 22.2. The molecule has 1 saturated heterocycles. The quantitative estimate of drug-likeness (QED) is 0.0609. The second kappa shape index (κ2) is 36.8. The van der Waals surface area contributed by atoms with Crippen molar-refractivity contribution in [1.82, 2.24) is 67.4 Å². The second-order valence-electron chi connectivity index (χ2n) is 25.2. The summed E-state index contributed by atoms with van der Waals surface area (Å²) in [5.74, 6) is -10.1. The Labute approximate surface area is 598 Å². The molecule has 5 heterocycles. The molecule has 546 valence electrons. The Balaban J connectivity index is 1.06. The van der Waals surface area contributed by atoms with Gasteiger partial charge in [-0.15, -0.1) is 0 Å². The first kappa shape index (κ1) is 76.5. The molecule has 2 aliphatic heterocycles. The predicted molar refractivity (Wildman–Crippen MR) is 381 cm³/mol. The second-order valence-corrected chi connectivity index (χ2v) is 27.4. The number of fused-ring (bicyclic) bond motifs is 5. The highest BCUT2D eigenvalue weighted by Crippen LogP contribution is 2.26. The van der Waals surface area contributed by atoms with Crippen molar-refractivity contribution >= 4 is 122 Å². The van der Waals surface area contributed by atoms with E-state index in [0.717, 1.165) is 11.1 Å². The van der Waals surface area contributed by atoms with Crippen LogP contribution < -0.4 is 65.1 Å². The minimum absolute atomic E-state index is 0.0128. The zero-order chi connectivity index (χ0) is 73.7. The molecule has 8 atom stereocenters. The number of thioether (sulfide) groups is 2. The molecule has 3 aromatic heterocycles. The fourth-order valence-electron chi connectivity index (χ4n) is 12.2. The number of anilines is 1. The number of carbonyl (C=O) groups is 12. The highest BCUT2D eigenvalue weighted by atomic mass is 32.2. The van der Waals surface area contributed by atoms with Gasteiger partial charge in [-0.2, -0.15) is 23.5 Å². The topological polar surface area (TPSA) is 455 Å². The number of rotatable bonds is 16. The highest BCUT2D eigenvalue weighted by molar-refractivity contribution is 7.98. The number of H-pyrrole nitrogens is 3. The largest absolute Gasteiger partial charge is 0.370 e. The van der Waals surface area contributed by atoms with Crippen LogP contribution in [0.25, 0.3) is 21.8 Å². The summed E-state index contributed by atoms with van der Waals surface area (Å²) in [5.41, 5.74) is 21.9. The summed E-state index contributed by atoms with van der Waals surface area (Å²) >= 11 is 2.79. The maximum Gasteiger partial charge on any atom is 0.246 e. The van der Waals surface area contributed by atoms with Crippen molar-refractivity contribution in [1.29, 1.82) is 0 Å². The molecule has 7 aromatic rings. The zero-order valence-electron chi connectivity index (χ0n) is 56.3. The molecule has 0 aliphatic carbocycles. The van der Waals surface area contributed by atoms with E-state index in [1.807, 2.05) is 24.3 Å². The van der Waals surface area contributed by atoms with Gasteiger partial charge in [0.1, 0.15) is 60.0 Å². The van der Waals surface area contributed by atoms with Gasteiger partial charge in [0.15, 0.2) is 0 Å². The first-order valence-corrected chi connectivity index (χ1v) is 35.8. The first-order valence-electron chi connectivity index (χ1n) is 33.5. The van der Waals surface area contributed by atoms with Gasteiger partial charge in [-0.05, 0) is 115 Å². The van der Waals surface area contributed by atoms with E-state index in [1.165, 1.54) is 96.7 Å². The van der Waals surface area contributed by atoms with Crippen LogP contribution in [0.1, 0.15) is 85.4 Å². The SMILES string of the molecule is CC(=O)Nc1ccc(C[C@@H]2NC(=O)[C@H](Cc3cnc[nH]3)NC(=O)[C@H](CC(N)=O)NC(=O)[C@H](Cc3c[nH]c4ccc(F)cc34)NC(=O)[C@H](Cc3c[nH]c4ccc(F)cc34)NC(=O)CNC(=O)[C@H](CCCCN)NC(=O)CCSCc3cccc(c3)CSC[C@@H](C(N)=O)NC(=O)[C@@H]3CCCN3C2=O)cc1. The molecule has 0 saturated carbocycles. The fourth-order valence-corrected chi connectivity index (χ4v) is 14.1. The maximum atomic E-state index is 15.2. The van der Waals surface area contributed by atoms with Crippen LogP contribution in [0, 0.1) is 11.6 Å². The van der Waals surface area contributed by atoms with Crippen molar-refractivity contribution in [3.8, 4) is 0 Å². The average Bonchev–Trinajstić information content (AvgIpc) is 1.70. The molecule has 29 nitrogen and oxygen atoms in total. The summed E-state index contributed by atoms with van der Waals surface area (Å²) in [5, 5.41) is 24.5. The molecule has 18 N–H and O–H groups in total. The minimum Gasteiger partial charge on any atom is -0.370 e. The normalized spacial score (nSPS) is 21.7. The Bertz CT molecular complexity index is 4230. The van der Waals surface area contributed by atoms with Gasteiger partial charge < -0.3 is 84.9 Å². The van der Waals surface area contributed by atoms with Crippen LogP contribution in [-0.2, 0) is 94.7 Å². The van der Waals surface area contributed by atoms with Crippen molar-refractivity contribution in [3.05, 3.63) is 155 Å². The summed E-state index contributed by atoms with van der Waals surface area (Å²) in [7, 11) is 0. The molecule has 2 aliphatic rings. The van der Waals surface area contributed by atoms with E-state index < -0.39 is 144 Å². The van der Waals surface area contributed by atoms with Crippen molar-refractivity contribution in [3.63, 3.8) is 0 Å². The van der Waals surface area contributed by atoms with Gasteiger partial charge in [-0.1, -0.05) is 36.4 Å². The third-order valence-corrected chi connectivity index (χ3v) is 19.5. The van der Waals surface area contributed by atoms with Gasteiger partial charge in [0.25, 0.3) is 0 Å². The molecule has 0 unspecified atom stereocenters. The number of nitrogens with one attached hydrogen (secondary N) is 12. The number of hydrogen-bond acceptors (Lipinski definition) is 16. The Morgan fingerprint density at radius 3 is 1.82 bits per heavy atom. The van der Waals surface area contributed by atoms with Crippen molar-refractivity contribution in [2.24, 2.45) is 17.2 Å². The minimum atomic E-state index is -1.93. The summed E-state index contributed by atoms with van der Waals surface area (Å²) < 4.78 is 29.9. The van der Waals surface area contributed by atoms with E-state index in [4.69, 9.17) is 17.2 Å². The van der Waals surface area contributed by atoms with Crippen LogP contribution in [0.2, 0.25) is 0 Å². The molecular weight excluding hydrogens is 1370 g/mol. The predicted octanol–water partition coefficient (Wildman–Crippen LogP) is 1.44. The molecule has 0 spiro atoms. The number of imidazole rings is 1. The fraction of sp³-hybridized carbons (Fsp3) is 0.386. The van der Waals surface area contributed by atoms with Crippen molar-refractivity contribution < 1.29 is 66.3 Å². The van der Waals surface area contributed by atoms with E-state index in [0.29, 0.717) is 76.3 Å². The van der Waals surface area contributed by atoms with Crippen molar-refractivity contribution in [2.45, 2.75) is 137 Å². The lowest BCUT2D eigenvalue weighted by molar-refractivity contribution is -0.142. The van der Waals surface area contributed by atoms with Crippen LogP contribution in [-0.4, -0.2) is 175 Å². The van der Waals surface area contributed by atoms with Gasteiger partial charge in [-0.3, -0.25) is 57.5 Å². The maximum absolute atomic E-state index is 15.2. The number of aromatic nitrogens is 4. The first-order chi connectivity index (χ1) is 49.5. The summed E-state index contributed by atoms with van der Waals surface area (Å²) in [6.45, 7) is 0.929. The molecule has 1 fully saturated rings. The molecule has 0 radical (unpaired) electrons. The lowest BCUT2D eigenvalue weighted by Gasteiger charge is -2.31. The van der Waals surface area contributed by atoms with Crippen LogP contribution in [0.4, 0.5) is 14.5 Å². The van der Waals surface area contributed by atoms with E-state index >= 15 is 19.2 Å². The van der Waals surface area contributed by atoms with E-state index in [1.54, 1.807) is 24.3 Å². The van der Waals surface area contributed by atoms with E-state index in [2.05, 4.69) is 67.8 Å². The van der Waals surface area contributed by atoms with Crippen molar-refractivity contribution in [2.75, 3.05) is 36.5 Å². The molecule has 12 amide bonds. The number of aromatic amines is 3. The molecule has 2 bridgehead atoms. The number of halogens is 2. The molecule has 4 aromatic carbocycles. The Hall–Kier alpha value is -10.7. The zero-order valence-corrected chi connectivity index (χ0v) is 58.0. The van der Waals surface area contributed by atoms with Crippen LogP contribution in [0.3, 0.4) is 0 Å². The van der Waals surface area contributed by atoms with Gasteiger partial charge in [0.2, 0.25) is 70.9 Å². The standard InChI is InChI=1S/C70H83F2N17O12S2/c1-38(90)81-46-14-10-39(11-15-46)23-57-70(101)89-20-5-9-59(89)69(100)88-58(63(75)94)36-103-35-41-7-4-6-40(22-41)34-102-21-18-61(92)82-52(8-2-3-19-73)64(95)79-33-62(93)83-53(24-42-30-77-50-16-12-44(71)26-48(42)50)65(96)84-54(25-43-31-78-51-17-13-45(72)27-49(43)51)66(97)86-56(29-60(74)91)68(99)85-55(67(98)87-57)28-47-32-76-37-80-47/h4,6-7,10-17,22,26-27,30-32,37,52-59,77-78H,2-3,5,8-9,18-21,23-25,28-29,33-36,73H2,1H3,(H2,74,91)(H2,75,94)(H,76,80)(H,79,95)(H,81,90)(H,82,92)(H,83,93)(H,84,96)(H,85,99)(H,86,97)(H,87,98)(H,88,100)/t52-,53-,54-,55-,56-,57-,58-,59-/m0/s1. The summed E-state index contributed by atoms with van der Waals surface area (Å²) in [4.78, 5) is 183. The lowest BCUT2D eigenvalue weighted by Crippen LogP contribution is -2.61. The molecule has 33 heteroatoms. The summed E-state index contributed by atoms with van der Waals surface area (Å²) in [6.07, 6.45) is 4.90. The Morgan fingerprint density at radius 2 is 1.21 bits per heavy atom. The van der Waals surface area contributed by atoms with Gasteiger partial charge in [0.05, 0.1) is 19.3 Å². The molecular formula is C70H83F2N17O12S2. The average molecular weight is 1460 g/mol. The summed E-state index contributed by atoms with van der Waals surface area (Å²) in [6, 6.07) is 9.80. The number of unbranched alkanes of at least 4 members (excludes halogenated alkanes) is 1. The third-order valence-electron chi connectivity index (χ3n) is 17.4. The monoisotopic (exact) mass is 1460 g/mol. The molecule has 9 rings (SSSR count). The smallest absolute Gasteiger partial charge is 0.246 e. The van der Waals surface area contributed by atoms with Crippen LogP contribution in [0.5, 0.6) is 0 Å².